The van der Waals surface area contributed by atoms with Gasteiger partial charge in [-0.3, -0.25) is 4.79 Å². The minimum absolute atomic E-state index is 0.118. The molecule has 1 N–H and O–H groups in total. The molecule has 0 aliphatic carbocycles. The van der Waals surface area contributed by atoms with Gasteiger partial charge in [-0.25, -0.2) is 4.79 Å². The summed E-state index contributed by atoms with van der Waals surface area (Å²) in [6.45, 7) is 6.10. The second-order valence-electron chi connectivity index (χ2n) is 3.85. The van der Waals surface area contributed by atoms with Crippen LogP contribution in [-0.2, 0) is 23.8 Å². The molecule has 18 heavy (non-hydrogen) atoms. The Bertz CT molecular complexity index is 290. The third kappa shape index (κ3) is 7.81. The highest BCUT2D eigenvalue weighted by molar-refractivity contribution is 5.85. The van der Waals surface area contributed by atoms with E-state index in [1.54, 1.807) is 14.0 Å². The van der Waals surface area contributed by atoms with Gasteiger partial charge in [0.2, 0.25) is 5.91 Å². The van der Waals surface area contributed by atoms with E-state index in [-0.39, 0.29) is 12.5 Å². The summed E-state index contributed by atoms with van der Waals surface area (Å²) in [5.74, 6) is -0.869. The number of carbonyl (C=O) groups is 2. The van der Waals surface area contributed by atoms with E-state index in [9.17, 15) is 9.59 Å². The lowest BCUT2D eigenvalue weighted by atomic mass is 10.1. The molecule has 6 nitrogen and oxygen atoms in total. The van der Waals surface area contributed by atoms with Crippen LogP contribution in [0.5, 0.6) is 0 Å². The number of ether oxygens (including phenoxy) is 3. The van der Waals surface area contributed by atoms with Crippen LogP contribution in [0, 0.1) is 0 Å². The molecule has 1 atom stereocenters. The molecule has 0 spiro atoms. The monoisotopic (exact) mass is 259 g/mol. The number of amides is 1. The summed E-state index contributed by atoms with van der Waals surface area (Å²) in [6.07, 6.45) is 0.344. The number of hydrogen-bond acceptors (Lipinski definition) is 5. The molecular formula is C12H21NO5. The molecule has 0 rings (SSSR count). The Morgan fingerprint density at radius 3 is 2.44 bits per heavy atom. The number of hydrogen-bond donors (Lipinski definition) is 1. The molecule has 0 aromatic carbocycles. The van der Waals surface area contributed by atoms with E-state index < -0.39 is 12.0 Å². The minimum atomic E-state index is -0.717. The van der Waals surface area contributed by atoms with Crippen LogP contribution in [0.2, 0.25) is 0 Å². The maximum absolute atomic E-state index is 11.5. The molecule has 0 fully saturated rings. The SMILES string of the molecule is C=C(C)C[C@@H](NC(=O)COCCOC)C(=O)OC. The standard InChI is InChI=1S/C12H21NO5/c1-9(2)7-10(12(15)17-4)13-11(14)8-18-6-5-16-3/h10H,1,5-8H2,2-4H3,(H,13,14)/t10-/m1/s1. The second kappa shape index (κ2) is 9.61. The number of nitrogens with one attached hydrogen (secondary N) is 1. The van der Waals surface area contributed by atoms with Gasteiger partial charge >= 0.3 is 5.97 Å². The van der Waals surface area contributed by atoms with Gasteiger partial charge < -0.3 is 19.5 Å². The van der Waals surface area contributed by atoms with Crippen molar-refractivity contribution in [2.24, 2.45) is 0 Å². The Kier molecular flexibility index (Phi) is 8.86. The summed E-state index contributed by atoms with van der Waals surface area (Å²) in [5, 5.41) is 2.54. The van der Waals surface area contributed by atoms with Crippen LogP contribution in [-0.4, -0.2) is 52.0 Å². The topological polar surface area (TPSA) is 73.9 Å². The van der Waals surface area contributed by atoms with Crippen molar-refractivity contribution in [3.63, 3.8) is 0 Å². The fourth-order valence-electron chi connectivity index (χ4n) is 1.23. The molecule has 104 valence electrons. The third-order valence-electron chi connectivity index (χ3n) is 2.04. The zero-order valence-electron chi connectivity index (χ0n) is 11.2. The molecule has 0 aromatic heterocycles. The molecule has 1 amide bonds. The van der Waals surface area contributed by atoms with E-state index in [1.807, 2.05) is 0 Å². The van der Waals surface area contributed by atoms with Gasteiger partial charge in [0.25, 0.3) is 0 Å². The first-order chi connectivity index (χ1) is 8.51. The van der Waals surface area contributed by atoms with Crippen LogP contribution in [0.1, 0.15) is 13.3 Å². The summed E-state index contributed by atoms with van der Waals surface area (Å²) in [7, 11) is 2.82. The summed E-state index contributed by atoms with van der Waals surface area (Å²) >= 11 is 0. The average Bonchev–Trinajstić information content (AvgIpc) is 2.32. The predicted octanol–water partition coefficient (Wildman–Crippen LogP) is 0.273. The molecule has 0 aliphatic heterocycles. The van der Waals surface area contributed by atoms with Gasteiger partial charge in [0.05, 0.1) is 20.3 Å². The fourth-order valence-corrected chi connectivity index (χ4v) is 1.23. The lowest BCUT2D eigenvalue weighted by Gasteiger charge is -2.16. The maximum atomic E-state index is 11.5. The Balaban J connectivity index is 4.10. The highest BCUT2D eigenvalue weighted by Crippen LogP contribution is 2.03. The van der Waals surface area contributed by atoms with Crippen molar-refractivity contribution in [2.75, 3.05) is 34.0 Å². The maximum Gasteiger partial charge on any atom is 0.328 e. The number of esters is 1. The van der Waals surface area contributed by atoms with Crippen molar-refractivity contribution in [1.82, 2.24) is 5.32 Å². The van der Waals surface area contributed by atoms with Crippen molar-refractivity contribution in [1.29, 1.82) is 0 Å². The van der Waals surface area contributed by atoms with Crippen molar-refractivity contribution < 1.29 is 23.8 Å². The predicted molar refractivity (Wildman–Crippen MR) is 66.1 cm³/mol. The van der Waals surface area contributed by atoms with E-state index >= 15 is 0 Å². The van der Waals surface area contributed by atoms with E-state index in [4.69, 9.17) is 9.47 Å². The Labute approximate surface area is 107 Å². The number of carbonyl (C=O) groups excluding carboxylic acids is 2. The highest BCUT2D eigenvalue weighted by atomic mass is 16.5. The number of rotatable bonds is 9. The van der Waals surface area contributed by atoms with Crippen LogP contribution >= 0.6 is 0 Å². The lowest BCUT2D eigenvalue weighted by molar-refractivity contribution is -0.145. The quantitative estimate of drug-likeness (QED) is 0.365. The van der Waals surface area contributed by atoms with E-state index in [0.29, 0.717) is 19.6 Å². The van der Waals surface area contributed by atoms with E-state index in [1.165, 1.54) is 7.11 Å². The number of methoxy groups -OCH3 is 2. The highest BCUT2D eigenvalue weighted by Gasteiger charge is 2.21. The molecule has 0 bridgehead atoms. The molecule has 0 unspecified atom stereocenters. The summed E-state index contributed by atoms with van der Waals surface area (Å²) < 4.78 is 14.4. The van der Waals surface area contributed by atoms with Crippen LogP contribution in [0.4, 0.5) is 0 Å². The van der Waals surface area contributed by atoms with Gasteiger partial charge in [-0.15, -0.1) is 6.58 Å². The first kappa shape index (κ1) is 16.6. The molecule has 0 radical (unpaired) electrons. The Morgan fingerprint density at radius 2 is 1.94 bits per heavy atom. The fraction of sp³-hybridized carbons (Fsp3) is 0.667. The van der Waals surface area contributed by atoms with Gasteiger partial charge in [0.15, 0.2) is 0 Å². The van der Waals surface area contributed by atoms with Crippen LogP contribution in [0.15, 0.2) is 12.2 Å². The molecule has 6 heteroatoms. The summed E-state index contributed by atoms with van der Waals surface area (Å²) in [4.78, 5) is 22.9. The Hall–Kier alpha value is -1.40. The zero-order valence-corrected chi connectivity index (χ0v) is 11.2. The zero-order chi connectivity index (χ0) is 14.0. The second-order valence-corrected chi connectivity index (χ2v) is 3.85. The van der Waals surface area contributed by atoms with Crippen LogP contribution < -0.4 is 5.32 Å². The molecule has 0 saturated heterocycles. The average molecular weight is 259 g/mol. The van der Waals surface area contributed by atoms with Gasteiger partial charge in [-0.05, 0) is 13.3 Å². The van der Waals surface area contributed by atoms with E-state index in [0.717, 1.165) is 5.57 Å². The first-order valence-electron chi connectivity index (χ1n) is 5.59. The molecule has 0 aliphatic rings. The van der Waals surface area contributed by atoms with Crippen molar-refractivity contribution in [2.45, 2.75) is 19.4 Å². The van der Waals surface area contributed by atoms with E-state index in [2.05, 4.69) is 16.6 Å². The molecule has 0 aromatic rings. The van der Waals surface area contributed by atoms with Gasteiger partial charge in [-0.2, -0.15) is 0 Å². The third-order valence-corrected chi connectivity index (χ3v) is 2.04. The first-order valence-corrected chi connectivity index (χ1v) is 5.59. The lowest BCUT2D eigenvalue weighted by Crippen LogP contribution is -2.43. The van der Waals surface area contributed by atoms with Crippen molar-refractivity contribution in [3.05, 3.63) is 12.2 Å². The van der Waals surface area contributed by atoms with Crippen molar-refractivity contribution >= 4 is 11.9 Å². The molecule has 0 saturated carbocycles. The normalized spacial score (nSPS) is 11.7. The smallest absolute Gasteiger partial charge is 0.328 e. The van der Waals surface area contributed by atoms with Crippen LogP contribution in [0.25, 0.3) is 0 Å². The minimum Gasteiger partial charge on any atom is -0.467 e. The van der Waals surface area contributed by atoms with Gasteiger partial charge in [-0.1, -0.05) is 5.57 Å². The summed E-state index contributed by atoms with van der Waals surface area (Å²) in [6, 6.07) is -0.717. The summed E-state index contributed by atoms with van der Waals surface area (Å²) in [5.41, 5.74) is 0.783. The Morgan fingerprint density at radius 1 is 1.28 bits per heavy atom. The molecule has 0 heterocycles. The molecular weight excluding hydrogens is 238 g/mol. The largest absolute Gasteiger partial charge is 0.467 e. The van der Waals surface area contributed by atoms with Crippen LogP contribution in [0.3, 0.4) is 0 Å². The van der Waals surface area contributed by atoms with Gasteiger partial charge in [0, 0.05) is 7.11 Å². The van der Waals surface area contributed by atoms with Crippen molar-refractivity contribution in [3.8, 4) is 0 Å². The van der Waals surface area contributed by atoms with Gasteiger partial charge in [0.1, 0.15) is 12.6 Å².